The average Bonchev–Trinajstić information content (AvgIpc) is 2.66. The first kappa shape index (κ1) is 21.1. The number of aromatic carboxylic acids is 1. The normalized spacial score (nSPS) is 11.0. The highest BCUT2D eigenvalue weighted by Crippen LogP contribution is 2.31. The Hall–Kier alpha value is -3.23. The van der Waals surface area contributed by atoms with Crippen LogP contribution in [0.4, 0.5) is 13.2 Å². The highest BCUT2D eigenvalue weighted by atomic mass is 19.4. The van der Waals surface area contributed by atoms with E-state index in [1.807, 2.05) is 0 Å². The molecular formula is C19H18F3NO5. The molecule has 2 rings (SSSR count). The highest BCUT2D eigenvalue weighted by Gasteiger charge is 2.30. The summed E-state index contributed by atoms with van der Waals surface area (Å²) < 4.78 is 48.2. The molecule has 0 atom stereocenters. The fourth-order valence-corrected chi connectivity index (χ4v) is 2.38. The first-order chi connectivity index (χ1) is 13.2. The number of hydrogen-bond donors (Lipinski definition) is 2. The van der Waals surface area contributed by atoms with E-state index >= 15 is 0 Å². The maximum absolute atomic E-state index is 12.6. The van der Waals surface area contributed by atoms with E-state index in [2.05, 4.69) is 5.32 Å². The van der Waals surface area contributed by atoms with Crippen LogP contribution in [0.2, 0.25) is 0 Å². The van der Waals surface area contributed by atoms with Gasteiger partial charge in [0.1, 0.15) is 11.5 Å². The minimum atomic E-state index is -4.49. The van der Waals surface area contributed by atoms with E-state index < -0.39 is 30.2 Å². The number of carbonyl (C=O) groups is 2. The van der Waals surface area contributed by atoms with Gasteiger partial charge in [-0.1, -0.05) is 12.1 Å². The molecule has 9 heteroatoms. The number of benzene rings is 2. The van der Waals surface area contributed by atoms with Gasteiger partial charge in [0.05, 0.1) is 18.2 Å². The van der Waals surface area contributed by atoms with Gasteiger partial charge in [0.25, 0.3) is 5.91 Å². The summed E-state index contributed by atoms with van der Waals surface area (Å²) in [7, 11) is 1.41. The van der Waals surface area contributed by atoms with Gasteiger partial charge in [-0.05, 0) is 42.3 Å². The molecule has 1 amide bonds. The second-order valence-electron chi connectivity index (χ2n) is 5.75. The Balaban J connectivity index is 1.84. The molecule has 0 saturated carbocycles. The first-order valence-electron chi connectivity index (χ1n) is 8.17. The number of carboxylic acid groups (broad SMARTS) is 1. The molecule has 0 unspecified atom stereocenters. The van der Waals surface area contributed by atoms with Crippen LogP contribution in [0.1, 0.15) is 21.5 Å². The number of ether oxygens (including phenoxy) is 2. The van der Waals surface area contributed by atoms with Gasteiger partial charge in [-0.3, -0.25) is 4.79 Å². The molecule has 0 heterocycles. The van der Waals surface area contributed by atoms with E-state index in [-0.39, 0.29) is 17.9 Å². The van der Waals surface area contributed by atoms with Crippen LogP contribution in [0, 0.1) is 0 Å². The predicted molar refractivity (Wildman–Crippen MR) is 93.6 cm³/mol. The van der Waals surface area contributed by atoms with Crippen LogP contribution in [0.15, 0.2) is 42.5 Å². The van der Waals surface area contributed by atoms with Crippen LogP contribution < -0.4 is 14.8 Å². The molecule has 150 valence electrons. The first-order valence-corrected chi connectivity index (χ1v) is 8.17. The van der Waals surface area contributed by atoms with E-state index in [0.717, 1.165) is 12.1 Å². The fraction of sp³-hybridized carbons (Fsp3) is 0.263. The van der Waals surface area contributed by atoms with Crippen molar-refractivity contribution in [3.8, 4) is 11.5 Å². The summed E-state index contributed by atoms with van der Waals surface area (Å²) in [6, 6.07) is 8.67. The summed E-state index contributed by atoms with van der Waals surface area (Å²) in [5.41, 5.74) is -0.0759. The van der Waals surface area contributed by atoms with Crippen LogP contribution in [0.25, 0.3) is 0 Å². The molecule has 0 aliphatic rings. The molecule has 2 aromatic rings. The third-order valence-corrected chi connectivity index (χ3v) is 3.78. The summed E-state index contributed by atoms with van der Waals surface area (Å²) in [5.74, 6) is -1.26. The van der Waals surface area contributed by atoms with E-state index in [1.165, 1.54) is 31.4 Å². The molecule has 0 aliphatic carbocycles. The number of nitrogens with one attached hydrogen (secondary N) is 1. The second-order valence-corrected chi connectivity index (χ2v) is 5.75. The lowest BCUT2D eigenvalue weighted by Crippen LogP contribution is -2.30. The monoisotopic (exact) mass is 397 g/mol. The Morgan fingerprint density at radius 3 is 2.54 bits per heavy atom. The number of halogens is 3. The molecule has 0 fully saturated rings. The smallest absolute Gasteiger partial charge is 0.416 e. The Morgan fingerprint density at radius 2 is 1.89 bits per heavy atom. The third kappa shape index (κ3) is 5.90. The Bertz CT molecular complexity index is 852. The topological polar surface area (TPSA) is 84.9 Å². The van der Waals surface area contributed by atoms with Crippen LogP contribution in [-0.4, -0.2) is 37.2 Å². The zero-order valence-corrected chi connectivity index (χ0v) is 14.9. The molecule has 0 spiro atoms. The minimum Gasteiger partial charge on any atom is -0.496 e. The van der Waals surface area contributed by atoms with E-state index in [0.29, 0.717) is 17.7 Å². The maximum Gasteiger partial charge on any atom is 0.416 e. The van der Waals surface area contributed by atoms with Gasteiger partial charge in [-0.2, -0.15) is 13.2 Å². The lowest BCUT2D eigenvalue weighted by Gasteiger charge is -2.12. The van der Waals surface area contributed by atoms with E-state index in [9.17, 15) is 22.8 Å². The van der Waals surface area contributed by atoms with Crippen LogP contribution in [0.3, 0.4) is 0 Å². The quantitative estimate of drug-likeness (QED) is 0.715. The van der Waals surface area contributed by atoms with Crippen LogP contribution >= 0.6 is 0 Å². The number of alkyl halides is 3. The lowest BCUT2D eigenvalue weighted by molar-refractivity contribution is -0.137. The molecule has 0 saturated heterocycles. The van der Waals surface area contributed by atoms with Gasteiger partial charge in [0.15, 0.2) is 6.61 Å². The van der Waals surface area contributed by atoms with Crippen molar-refractivity contribution in [2.24, 2.45) is 0 Å². The Labute approximate surface area is 158 Å². The summed E-state index contributed by atoms with van der Waals surface area (Å²) in [6.07, 6.45) is -4.12. The highest BCUT2D eigenvalue weighted by molar-refractivity contribution is 5.88. The zero-order valence-electron chi connectivity index (χ0n) is 14.9. The molecule has 6 nitrogen and oxygen atoms in total. The molecule has 2 N–H and O–H groups in total. The van der Waals surface area contributed by atoms with Gasteiger partial charge in [0, 0.05) is 6.54 Å². The number of hydrogen-bond acceptors (Lipinski definition) is 4. The zero-order chi connectivity index (χ0) is 20.7. The van der Waals surface area contributed by atoms with Gasteiger partial charge in [-0.15, -0.1) is 0 Å². The Kier molecular flexibility index (Phi) is 6.86. The summed E-state index contributed by atoms with van der Waals surface area (Å²) in [6.45, 7) is -0.218. The maximum atomic E-state index is 12.6. The lowest BCUT2D eigenvalue weighted by atomic mass is 10.1. The molecule has 28 heavy (non-hydrogen) atoms. The average molecular weight is 397 g/mol. The number of amides is 1. The second kappa shape index (κ2) is 9.12. The van der Waals surface area contributed by atoms with Gasteiger partial charge >= 0.3 is 12.1 Å². The molecule has 0 radical (unpaired) electrons. The molecule has 2 aromatic carbocycles. The van der Waals surface area contributed by atoms with E-state index in [1.54, 1.807) is 6.07 Å². The standard InChI is InChI=1S/C19H18F3NO5/c1-27-16-9-13(18(25)26)6-5-12(16)7-8-23-17(24)11-28-15-4-2-3-14(10-15)19(20,21)22/h2-6,9-10H,7-8,11H2,1H3,(H,23,24)(H,25,26). The molecule has 0 bridgehead atoms. The van der Waals surface area contributed by atoms with Crippen LogP contribution in [-0.2, 0) is 17.4 Å². The molecular weight excluding hydrogens is 379 g/mol. The van der Waals surface area contributed by atoms with Crippen molar-refractivity contribution in [3.63, 3.8) is 0 Å². The van der Waals surface area contributed by atoms with Crippen molar-refractivity contribution in [1.82, 2.24) is 5.32 Å². The predicted octanol–water partition coefficient (Wildman–Crippen LogP) is 3.15. The summed E-state index contributed by atoms with van der Waals surface area (Å²) in [4.78, 5) is 22.8. The number of methoxy groups -OCH3 is 1. The van der Waals surface area contributed by atoms with Crippen molar-refractivity contribution >= 4 is 11.9 Å². The van der Waals surface area contributed by atoms with Gasteiger partial charge in [0.2, 0.25) is 0 Å². The molecule has 0 aromatic heterocycles. The van der Waals surface area contributed by atoms with E-state index in [4.69, 9.17) is 14.6 Å². The summed E-state index contributed by atoms with van der Waals surface area (Å²) in [5, 5.41) is 11.5. The van der Waals surface area contributed by atoms with Gasteiger partial charge in [-0.25, -0.2) is 4.79 Å². The summed E-state index contributed by atoms with van der Waals surface area (Å²) >= 11 is 0. The van der Waals surface area contributed by atoms with Crippen LogP contribution in [0.5, 0.6) is 11.5 Å². The van der Waals surface area contributed by atoms with Crippen molar-refractivity contribution in [2.75, 3.05) is 20.3 Å². The molecule has 0 aliphatic heterocycles. The SMILES string of the molecule is COc1cc(C(=O)O)ccc1CCNC(=O)COc1cccc(C(F)(F)F)c1. The third-order valence-electron chi connectivity index (χ3n) is 3.78. The van der Waals surface area contributed by atoms with Crippen molar-refractivity contribution in [1.29, 1.82) is 0 Å². The number of carbonyl (C=O) groups excluding carboxylic acids is 1. The van der Waals surface area contributed by atoms with Crippen molar-refractivity contribution < 1.29 is 37.3 Å². The minimum absolute atomic E-state index is 0.0593. The Morgan fingerprint density at radius 1 is 1.14 bits per heavy atom. The fourth-order valence-electron chi connectivity index (χ4n) is 2.38. The van der Waals surface area contributed by atoms with Gasteiger partial charge < -0.3 is 19.9 Å². The van der Waals surface area contributed by atoms with Crippen molar-refractivity contribution in [2.45, 2.75) is 12.6 Å². The largest absolute Gasteiger partial charge is 0.496 e. The number of rotatable bonds is 8. The number of carboxylic acids is 1. The van der Waals surface area contributed by atoms with Crippen molar-refractivity contribution in [3.05, 3.63) is 59.2 Å².